The van der Waals surface area contributed by atoms with E-state index in [9.17, 15) is 4.79 Å². The van der Waals surface area contributed by atoms with Crippen molar-refractivity contribution in [2.24, 2.45) is 0 Å². The molecule has 1 rings (SSSR count). The van der Waals surface area contributed by atoms with Crippen LogP contribution in [0.25, 0.3) is 0 Å². The van der Waals surface area contributed by atoms with Gasteiger partial charge in [0, 0.05) is 6.54 Å². The number of hydrogen-bond donors (Lipinski definition) is 0. The lowest BCUT2D eigenvalue weighted by atomic mass is 10.1. The fourth-order valence-corrected chi connectivity index (χ4v) is 2.19. The minimum atomic E-state index is -0.321. The standard InChI is InChI=1S/C16H26N2O2/c1-5-20-16(19)15(14-10-7-6-8-11-14)18(4)13-9-12-17(2)3/h6-8,10-11,15H,5,9,12-13H2,1-4H3. The highest BCUT2D eigenvalue weighted by molar-refractivity contribution is 5.77. The number of esters is 1. The molecule has 0 saturated heterocycles. The van der Waals surface area contributed by atoms with Gasteiger partial charge in [-0.3, -0.25) is 4.90 Å². The van der Waals surface area contributed by atoms with Gasteiger partial charge in [0.2, 0.25) is 0 Å². The van der Waals surface area contributed by atoms with Crippen LogP contribution in [0, 0.1) is 0 Å². The highest BCUT2D eigenvalue weighted by Crippen LogP contribution is 2.21. The van der Waals surface area contributed by atoms with Crippen LogP contribution in [0.15, 0.2) is 30.3 Å². The van der Waals surface area contributed by atoms with E-state index in [0.29, 0.717) is 6.61 Å². The molecule has 0 N–H and O–H groups in total. The molecule has 0 amide bonds. The van der Waals surface area contributed by atoms with Crippen LogP contribution in [-0.2, 0) is 9.53 Å². The van der Waals surface area contributed by atoms with E-state index < -0.39 is 0 Å². The van der Waals surface area contributed by atoms with Crippen molar-refractivity contribution >= 4 is 5.97 Å². The van der Waals surface area contributed by atoms with E-state index in [1.807, 2.05) is 44.3 Å². The summed E-state index contributed by atoms with van der Waals surface area (Å²) in [5.74, 6) is -0.175. The SMILES string of the molecule is CCOC(=O)C(c1ccccc1)N(C)CCCN(C)C. The number of ether oxygens (including phenoxy) is 1. The Kier molecular flexibility index (Phi) is 7.26. The highest BCUT2D eigenvalue weighted by Gasteiger charge is 2.25. The highest BCUT2D eigenvalue weighted by atomic mass is 16.5. The maximum atomic E-state index is 12.2. The van der Waals surface area contributed by atoms with Crippen molar-refractivity contribution < 1.29 is 9.53 Å². The van der Waals surface area contributed by atoms with Crippen molar-refractivity contribution in [3.8, 4) is 0 Å². The summed E-state index contributed by atoms with van der Waals surface area (Å²) in [6, 6.07) is 9.49. The maximum absolute atomic E-state index is 12.2. The van der Waals surface area contributed by atoms with E-state index in [1.165, 1.54) is 0 Å². The first kappa shape index (κ1) is 16.7. The van der Waals surface area contributed by atoms with Gasteiger partial charge in [0.25, 0.3) is 0 Å². The second-order valence-electron chi connectivity index (χ2n) is 5.20. The molecular weight excluding hydrogens is 252 g/mol. The molecule has 0 aliphatic rings. The molecule has 0 spiro atoms. The summed E-state index contributed by atoms with van der Waals surface area (Å²) in [5.41, 5.74) is 0.985. The smallest absolute Gasteiger partial charge is 0.327 e. The Morgan fingerprint density at radius 1 is 1.15 bits per heavy atom. The van der Waals surface area contributed by atoms with E-state index in [4.69, 9.17) is 4.74 Å². The third-order valence-corrected chi connectivity index (χ3v) is 3.18. The Morgan fingerprint density at radius 2 is 1.80 bits per heavy atom. The molecule has 1 atom stereocenters. The predicted molar refractivity (Wildman–Crippen MR) is 81.6 cm³/mol. The molecule has 0 aromatic heterocycles. The van der Waals surface area contributed by atoms with Crippen LogP contribution in [-0.4, -0.2) is 56.6 Å². The Hall–Kier alpha value is -1.39. The molecule has 1 unspecified atom stereocenters. The van der Waals surface area contributed by atoms with Gasteiger partial charge >= 0.3 is 5.97 Å². The van der Waals surface area contributed by atoms with Gasteiger partial charge in [0.05, 0.1) is 6.61 Å². The van der Waals surface area contributed by atoms with Gasteiger partial charge in [-0.15, -0.1) is 0 Å². The Balaban J connectivity index is 2.74. The van der Waals surface area contributed by atoms with Crippen molar-refractivity contribution in [2.75, 3.05) is 40.8 Å². The molecule has 1 aromatic rings. The summed E-state index contributed by atoms with van der Waals surface area (Å²) >= 11 is 0. The summed E-state index contributed by atoms with van der Waals surface area (Å²) in [5, 5.41) is 0. The number of hydrogen-bond acceptors (Lipinski definition) is 4. The monoisotopic (exact) mass is 278 g/mol. The molecule has 0 aliphatic carbocycles. The molecule has 4 heteroatoms. The number of carbonyl (C=O) groups excluding carboxylic acids is 1. The van der Waals surface area contributed by atoms with E-state index in [0.717, 1.165) is 25.1 Å². The Bertz CT molecular complexity index is 393. The lowest BCUT2D eigenvalue weighted by Crippen LogP contribution is -2.34. The van der Waals surface area contributed by atoms with Crippen molar-refractivity contribution in [1.82, 2.24) is 9.80 Å². The maximum Gasteiger partial charge on any atom is 0.327 e. The van der Waals surface area contributed by atoms with Gasteiger partial charge in [-0.25, -0.2) is 4.79 Å². The van der Waals surface area contributed by atoms with Gasteiger partial charge in [-0.05, 0) is 46.6 Å². The van der Waals surface area contributed by atoms with E-state index in [2.05, 4.69) is 23.9 Å². The van der Waals surface area contributed by atoms with Crippen molar-refractivity contribution in [2.45, 2.75) is 19.4 Å². The number of nitrogens with zero attached hydrogens (tertiary/aromatic N) is 2. The second kappa shape index (κ2) is 8.72. The van der Waals surface area contributed by atoms with E-state index in [-0.39, 0.29) is 12.0 Å². The van der Waals surface area contributed by atoms with Crippen LogP contribution < -0.4 is 0 Å². The summed E-state index contributed by atoms with van der Waals surface area (Å²) < 4.78 is 5.22. The third-order valence-electron chi connectivity index (χ3n) is 3.18. The van der Waals surface area contributed by atoms with Crippen LogP contribution in [0.3, 0.4) is 0 Å². The summed E-state index contributed by atoms with van der Waals surface area (Å²) in [4.78, 5) is 16.4. The Labute approximate surface area is 122 Å². The molecule has 1 aromatic carbocycles. The molecule has 0 aliphatic heterocycles. The van der Waals surface area contributed by atoms with Gasteiger partial charge in [0.1, 0.15) is 6.04 Å². The fraction of sp³-hybridized carbons (Fsp3) is 0.562. The molecule has 4 nitrogen and oxygen atoms in total. The first-order valence-electron chi connectivity index (χ1n) is 7.12. The van der Waals surface area contributed by atoms with Crippen LogP contribution in [0.1, 0.15) is 24.9 Å². The second-order valence-corrected chi connectivity index (χ2v) is 5.20. The number of likely N-dealkylation sites (N-methyl/N-ethyl adjacent to an activating group) is 1. The zero-order chi connectivity index (χ0) is 15.0. The van der Waals surface area contributed by atoms with Gasteiger partial charge in [0.15, 0.2) is 0 Å². The van der Waals surface area contributed by atoms with Crippen LogP contribution in [0.5, 0.6) is 0 Å². The minimum Gasteiger partial charge on any atom is -0.465 e. The third kappa shape index (κ3) is 5.31. The lowest BCUT2D eigenvalue weighted by Gasteiger charge is -2.27. The first-order valence-corrected chi connectivity index (χ1v) is 7.12. The minimum absolute atomic E-state index is 0.175. The average molecular weight is 278 g/mol. The predicted octanol–water partition coefficient (Wildman–Crippen LogP) is 2.17. The Morgan fingerprint density at radius 3 is 2.35 bits per heavy atom. The van der Waals surface area contributed by atoms with E-state index in [1.54, 1.807) is 0 Å². The number of rotatable bonds is 8. The summed E-state index contributed by atoms with van der Waals surface area (Å²) in [6.07, 6.45) is 1.02. The van der Waals surface area contributed by atoms with Crippen LogP contribution in [0.4, 0.5) is 0 Å². The number of carbonyl (C=O) groups is 1. The van der Waals surface area contributed by atoms with Gasteiger partial charge in [-0.2, -0.15) is 0 Å². The normalized spacial score (nSPS) is 12.7. The van der Waals surface area contributed by atoms with Gasteiger partial charge in [-0.1, -0.05) is 30.3 Å². The quantitative estimate of drug-likeness (QED) is 0.682. The summed E-state index contributed by atoms with van der Waals surface area (Å²) in [6.45, 7) is 4.12. The molecule has 0 saturated carbocycles. The molecule has 0 bridgehead atoms. The molecule has 0 fully saturated rings. The molecular formula is C16H26N2O2. The molecule has 112 valence electrons. The topological polar surface area (TPSA) is 32.8 Å². The van der Waals surface area contributed by atoms with Crippen molar-refractivity contribution in [1.29, 1.82) is 0 Å². The summed E-state index contributed by atoms with van der Waals surface area (Å²) in [7, 11) is 6.09. The van der Waals surface area contributed by atoms with Crippen LogP contribution in [0.2, 0.25) is 0 Å². The van der Waals surface area contributed by atoms with E-state index >= 15 is 0 Å². The molecule has 0 heterocycles. The van der Waals surface area contributed by atoms with Crippen molar-refractivity contribution in [3.63, 3.8) is 0 Å². The van der Waals surface area contributed by atoms with Gasteiger partial charge < -0.3 is 9.64 Å². The molecule has 0 radical (unpaired) electrons. The number of benzene rings is 1. The zero-order valence-electron chi connectivity index (χ0n) is 13.0. The molecule has 20 heavy (non-hydrogen) atoms. The fourth-order valence-electron chi connectivity index (χ4n) is 2.19. The zero-order valence-corrected chi connectivity index (χ0v) is 13.0. The van der Waals surface area contributed by atoms with Crippen LogP contribution >= 0.6 is 0 Å². The average Bonchev–Trinajstić information content (AvgIpc) is 2.40. The lowest BCUT2D eigenvalue weighted by molar-refractivity contribution is -0.149. The first-order chi connectivity index (χ1) is 9.56. The largest absolute Gasteiger partial charge is 0.465 e. The van der Waals surface area contributed by atoms with Crippen molar-refractivity contribution in [3.05, 3.63) is 35.9 Å².